The molecule has 1 saturated heterocycles. The van der Waals surface area contributed by atoms with E-state index in [2.05, 4.69) is 72.6 Å². The van der Waals surface area contributed by atoms with Crippen molar-refractivity contribution < 1.29 is 0 Å². The van der Waals surface area contributed by atoms with Gasteiger partial charge in [0.25, 0.3) is 0 Å². The third-order valence-electron chi connectivity index (χ3n) is 6.53. The Labute approximate surface area is 197 Å². The molecule has 0 bridgehead atoms. The molecule has 1 aliphatic rings. The standard InChI is InChI=1S/C26H28N8/c1-2-27-13-17-11-18(15-28-14-17)21-12-19-22(16-29-21)32-33-24(19)26-30-20-7-6-8-23(25(20)31-26)34-9-4-3-5-10-34/h6-8,11-12,14-16,27H,2-5,9-10,13H2,1H3,(H,30,31)(H,32,33). The lowest BCUT2D eigenvalue weighted by Crippen LogP contribution is -2.29. The van der Waals surface area contributed by atoms with Gasteiger partial charge in [-0.25, -0.2) is 4.98 Å². The molecule has 1 aliphatic heterocycles. The van der Waals surface area contributed by atoms with Crippen molar-refractivity contribution in [2.45, 2.75) is 32.7 Å². The zero-order valence-corrected chi connectivity index (χ0v) is 19.3. The molecule has 8 nitrogen and oxygen atoms in total. The van der Waals surface area contributed by atoms with Crippen LogP contribution in [0.15, 0.2) is 48.9 Å². The topological polar surface area (TPSA) is 98.4 Å². The van der Waals surface area contributed by atoms with Gasteiger partial charge in [-0.2, -0.15) is 5.10 Å². The Morgan fingerprint density at radius 3 is 2.82 bits per heavy atom. The lowest BCUT2D eigenvalue weighted by Gasteiger charge is -2.28. The van der Waals surface area contributed by atoms with E-state index >= 15 is 0 Å². The molecule has 6 rings (SSSR count). The van der Waals surface area contributed by atoms with Crippen molar-refractivity contribution in [3.8, 4) is 22.8 Å². The molecule has 5 aromatic rings. The number of hydrogen-bond acceptors (Lipinski definition) is 6. The van der Waals surface area contributed by atoms with Gasteiger partial charge in [-0.3, -0.25) is 15.1 Å². The first-order chi connectivity index (χ1) is 16.8. The number of rotatable bonds is 6. The van der Waals surface area contributed by atoms with E-state index in [9.17, 15) is 0 Å². The summed E-state index contributed by atoms with van der Waals surface area (Å²) in [5.41, 5.74) is 7.91. The Morgan fingerprint density at radius 2 is 1.94 bits per heavy atom. The minimum Gasteiger partial charge on any atom is -0.370 e. The fourth-order valence-electron chi connectivity index (χ4n) is 4.77. The number of nitrogens with one attached hydrogen (secondary N) is 3. The van der Waals surface area contributed by atoms with Crippen molar-refractivity contribution in [1.82, 2.24) is 35.5 Å². The van der Waals surface area contributed by atoms with Crippen LogP contribution in [0.25, 0.3) is 44.7 Å². The van der Waals surface area contributed by atoms with E-state index in [0.717, 1.165) is 76.5 Å². The van der Waals surface area contributed by atoms with Crippen LogP contribution in [0, 0.1) is 0 Å². The number of piperidine rings is 1. The van der Waals surface area contributed by atoms with Crippen LogP contribution in [0.4, 0.5) is 5.69 Å². The van der Waals surface area contributed by atoms with Crippen LogP contribution in [0.1, 0.15) is 31.7 Å². The van der Waals surface area contributed by atoms with Crippen LogP contribution < -0.4 is 10.2 Å². The third-order valence-corrected chi connectivity index (χ3v) is 6.53. The monoisotopic (exact) mass is 452 g/mol. The molecule has 5 heterocycles. The number of benzene rings is 1. The van der Waals surface area contributed by atoms with E-state index in [0.29, 0.717) is 0 Å². The molecule has 0 spiro atoms. The van der Waals surface area contributed by atoms with Crippen LogP contribution in [-0.2, 0) is 6.54 Å². The van der Waals surface area contributed by atoms with Gasteiger partial charge in [0.05, 0.1) is 28.6 Å². The smallest absolute Gasteiger partial charge is 0.159 e. The lowest BCUT2D eigenvalue weighted by molar-refractivity contribution is 0.579. The first-order valence-corrected chi connectivity index (χ1v) is 12.0. The number of anilines is 1. The minimum atomic E-state index is 0.766. The largest absolute Gasteiger partial charge is 0.370 e. The summed E-state index contributed by atoms with van der Waals surface area (Å²) in [6.07, 6.45) is 9.36. The Morgan fingerprint density at radius 1 is 1.03 bits per heavy atom. The van der Waals surface area contributed by atoms with Gasteiger partial charge < -0.3 is 15.2 Å². The van der Waals surface area contributed by atoms with Crippen LogP contribution >= 0.6 is 0 Å². The molecule has 4 aromatic heterocycles. The quantitative estimate of drug-likeness (QED) is 0.347. The summed E-state index contributed by atoms with van der Waals surface area (Å²) >= 11 is 0. The van der Waals surface area contributed by atoms with Gasteiger partial charge in [0.2, 0.25) is 0 Å². The van der Waals surface area contributed by atoms with E-state index in [1.54, 1.807) is 0 Å². The van der Waals surface area contributed by atoms with Crippen LogP contribution in [0.3, 0.4) is 0 Å². The van der Waals surface area contributed by atoms with Gasteiger partial charge in [-0.1, -0.05) is 13.0 Å². The second kappa shape index (κ2) is 8.87. The summed E-state index contributed by atoms with van der Waals surface area (Å²) in [6, 6.07) is 10.6. The van der Waals surface area contributed by atoms with Crippen molar-refractivity contribution in [3.05, 3.63) is 54.5 Å². The number of hydrogen-bond donors (Lipinski definition) is 3. The number of H-pyrrole nitrogens is 2. The van der Waals surface area contributed by atoms with E-state index in [1.807, 2.05) is 18.6 Å². The van der Waals surface area contributed by atoms with E-state index in [-0.39, 0.29) is 0 Å². The molecule has 34 heavy (non-hydrogen) atoms. The highest BCUT2D eigenvalue weighted by atomic mass is 15.2. The Hall–Kier alpha value is -3.78. The predicted octanol–water partition coefficient (Wildman–Crippen LogP) is 4.66. The van der Waals surface area contributed by atoms with Gasteiger partial charge in [-0.05, 0) is 55.6 Å². The number of aromatic amines is 2. The fraction of sp³-hybridized carbons (Fsp3) is 0.308. The summed E-state index contributed by atoms with van der Waals surface area (Å²) in [7, 11) is 0. The first-order valence-electron chi connectivity index (χ1n) is 12.0. The molecule has 8 heteroatoms. The van der Waals surface area contributed by atoms with Crippen molar-refractivity contribution in [2.75, 3.05) is 24.5 Å². The molecule has 0 atom stereocenters. The Kier molecular flexibility index (Phi) is 5.43. The molecule has 3 N–H and O–H groups in total. The van der Waals surface area contributed by atoms with Gasteiger partial charge in [0.1, 0.15) is 11.2 Å². The molecule has 1 fully saturated rings. The maximum absolute atomic E-state index is 5.01. The SMILES string of the molecule is CCNCc1cncc(-c2cc3c(-c4nc5c(N6CCCCC6)cccc5[nH]4)n[nH]c3cn2)c1. The van der Waals surface area contributed by atoms with E-state index in [1.165, 1.54) is 24.9 Å². The number of pyridine rings is 2. The van der Waals surface area contributed by atoms with Gasteiger partial charge in [0.15, 0.2) is 5.82 Å². The van der Waals surface area contributed by atoms with Crippen molar-refractivity contribution in [2.24, 2.45) is 0 Å². The van der Waals surface area contributed by atoms with Crippen molar-refractivity contribution >= 4 is 27.6 Å². The lowest BCUT2D eigenvalue weighted by atomic mass is 10.1. The fourth-order valence-corrected chi connectivity index (χ4v) is 4.77. The number of fused-ring (bicyclic) bond motifs is 2. The van der Waals surface area contributed by atoms with Crippen LogP contribution in [0.5, 0.6) is 0 Å². The second-order valence-corrected chi connectivity index (χ2v) is 8.86. The summed E-state index contributed by atoms with van der Waals surface area (Å²) in [5.74, 6) is 0.766. The molecule has 0 amide bonds. The van der Waals surface area contributed by atoms with Gasteiger partial charge in [0, 0.05) is 43.0 Å². The van der Waals surface area contributed by atoms with E-state index in [4.69, 9.17) is 4.98 Å². The number of para-hydroxylation sites is 1. The molecule has 0 unspecified atom stereocenters. The molecular weight excluding hydrogens is 424 g/mol. The average Bonchev–Trinajstić information content (AvgIpc) is 3.51. The number of aromatic nitrogens is 6. The number of imidazole rings is 1. The summed E-state index contributed by atoms with van der Waals surface area (Å²) < 4.78 is 0. The normalized spacial score (nSPS) is 14.3. The highest BCUT2D eigenvalue weighted by Crippen LogP contribution is 2.32. The molecule has 1 aromatic carbocycles. The van der Waals surface area contributed by atoms with Crippen molar-refractivity contribution in [1.29, 1.82) is 0 Å². The van der Waals surface area contributed by atoms with Crippen molar-refractivity contribution in [3.63, 3.8) is 0 Å². The predicted molar refractivity (Wildman–Crippen MR) is 136 cm³/mol. The number of nitrogens with zero attached hydrogens (tertiary/aromatic N) is 5. The van der Waals surface area contributed by atoms with Gasteiger partial charge in [-0.15, -0.1) is 0 Å². The minimum absolute atomic E-state index is 0.766. The zero-order chi connectivity index (χ0) is 22.9. The van der Waals surface area contributed by atoms with E-state index < -0.39 is 0 Å². The van der Waals surface area contributed by atoms with Crippen LogP contribution in [0.2, 0.25) is 0 Å². The molecular formula is C26H28N8. The maximum atomic E-state index is 5.01. The highest BCUT2D eigenvalue weighted by molar-refractivity contribution is 5.96. The summed E-state index contributed by atoms with van der Waals surface area (Å²) in [5, 5.41) is 12.1. The zero-order valence-electron chi connectivity index (χ0n) is 19.3. The van der Waals surface area contributed by atoms with Crippen LogP contribution in [-0.4, -0.2) is 49.8 Å². The summed E-state index contributed by atoms with van der Waals surface area (Å²) in [4.78, 5) is 20.0. The second-order valence-electron chi connectivity index (χ2n) is 8.86. The highest BCUT2D eigenvalue weighted by Gasteiger charge is 2.19. The van der Waals surface area contributed by atoms with Gasteiger partial charge >= 0.3 is 0 Å². The molecule has 0 aliphatic carbocycles. The third kappa shape index (κ3) is 3.80. The average molecular weight is 453 g/mol. The Balaban J connectivity index is 1.40. The Bertz CT molecular complexity index is 1440. The molecule has 0 radical (unpaired) electrons. The first kappa shape index (κ1) is 20.8. The summed E-state index contributed by atoms with van der Waals surface area (Å²) in [6.45, 7) is 5.98. The molecule has 172 valence electrons. The molecule has 0 saturated carbocycles. The maximum Gasteiger partial charge on any atom is 0.159 e.